The molecule has 0 saturated carbocycles. The summed E-state index contributed by atoms with van der Waals surface area (Å²) in [6.45, 7) is 13.2. The minimum atomic E-state index is 0.104. The number of anilines is 1. The maximum absolute atomic E-state index is 4.88. The van der Waals surface area contributed by atoms with E-state index in [1.807, 2.05) is 6.92 Å². The normalized spacial score (nSPS) is 19.0. The van der Waals surface area contributed by atoms with E-state index < -0.39 is 0 Å². The van der Waals surface area contributed by atoms with Crippen LogP contribution >= 0.6 is 22.7 Å². The van der Waals surface area contributed by atoms with Gasteiger partial charge in [-0.05, 0) is 60.5 Å². The molecule has 0 unspecified atom stereocenters. The molecule has 0 spiro atoms. The van der Waals surface area contributed by atoms with Gasteiger partial charge in [0.1, 0.15) is 11.2 Å². The molecule has 0 aromatic carbocycles. The van der Waals surface area contributed by atoms with Gasteiger partial charge in [-0.15, -0.1) is 11.3 Å². The monoisotopic (exact) mass is 440 g/mol. The van der Waals surface area contributed by atoms with Crippen LogP contribution in [0.2, 0.25) is 0 Å². The van der Waals surface area contributed by atoms with Gasteiger partial charge in [0.05, 0.1) is 16.1 Å². The van der Waals surface area contributed by atoms with Crippen molar-refractivity contribution in [2.45, 2.75) is 71.5 Å². The Balaban J connectivity index is 1.46. The number of fused-ring (bicyclic) bond motifs is 2. The Morgan fingerprint density at radius 2 is 1.80 bits per heavy atom. The third-order valence-corrected chi connectivity index (χ3v) is 7.61. The summed E-state index contributed by atoms with van der Waals surface area (Å²) >= 11 is 3.37. The van der Waals surface area contributed by atoms with Crippen molar-refractivity contribution in [2.75, 3.05) is 5.32 Å². The second-order valence-corrected chi connectivity index (χ2v) is 11.6. The number of aromatic nitrogens is 4. The SMILES string of the molecule is Cc1nc(-c2cn3c(C)csc3n2)cc2sc(NC3CC(C)(C)NC(C)(C)C3)nc12. The Hall–Kier alpha value is -2.03. The molecule has 1 aliphatic rings. The van der Waals surface area contributed by atoms with E-state index in [1.54, 1.807) is 22.7 Å². The first kappa shape index (κ1) is 19.9. The molecule has 30 heavy (non-hydrogen) atoms. The minimum absolute atomic E-state index is 0.104. The van der Waals surface area contributed by atoms with E-state index in [1.165, 1.54) is 5.69 Å². The lowest BCUT2D eigenvalue weighted by Gasteiger charge is -2.46. The van der Waals surface area contributed by atoms with Gasteiger partial charge in [-0.25, -0.2) is 15.0 Å². The summed E-state index contributed by atoms with van der Waals surface area (Å²) < 4.78 is 3.28. The maximum Gasteiger partial charge on any atom is 0.194 e. The molecule has 1 saturated heterocycles. The van der Waals surface area contributed by atoms with Crippen LogP contribution < -0.4 is 10.6 Å². The highest BCUT2D eigenvalue weighted by molar-refractivity contribution is 7.22. The predicted octanol–water partition coefficient (Wildman–Crippen LogP) is 5.41. The molecule has 0 aliphatic carbocycles. The summed E-state index contributed by atoms with van der Waals surface area (Å²) in [4.78, 5) is 15.5. The fourth-order valence-electron chi connectivity index (χ4n) is 4.89. The second-order valence-electron chi connectivity index (χ2n) is 9.76. The third kappa shape index (κ3) is 3.61. The van der Waals surface area contributed by atoms with Crippen LogP contribution in [-0.2, 0) is 0 Å². The molecule has 2 N–H and O–H groups in total. The van der Waals surface area contributed by atoms with Gasteiger partial charge in [-0.2, -0.15) is 0 Å². The van der Waals surface area contributed by atoms with Crippen LogP contribution in [-0.4, -0.2) is 36.5 Å². The van der Waals surface area contributed by atoms with E-state index in [0.717, 1.165) is 50.2 Å². The molecule has 0 atom stereocenters. The number of pyridine rings is 1. The van der Waals surface area contributed by atoms with Gasteiger partial charge in [0.25, 0.3) is 0 Å². The summed E-state index contributed by atoms with van der Waals surface area (Å²) in [5.41, 5.74) is 5.17. The fourth-order valence-corrected chi connectivity index (χ4v) is 6.77. The number of rotatable bonds is 3. The van der Waals surface area contributed by atoms with Crippen LogP contribution in [0.1, 0.15) is 51.9 Å². The molecule has 4 aromatic rings. The van der Waals surface area contributed by atoms with Crippen molar-refractivity contribution in [3.05, 3.63) is 29.0 Å². The number of aryl methyl sites for hydroxylation is 2. The summed E-state index contributed by atoms with van der Waals surface area (Å²) in [6.07, 6.45) is 4.22. The number of imidazole rings is 1. The van der Waals surface area contributed by atoms with Gasteiger partial charge >= 0.3 is 0 Å². The third-order valence-electron chi connectivity index (χ3n) is 5.72. The standard InChI is InChI=1S/C22H28N6S2/c1-12-11-29-20-25-16(10-28(12)20)15-7-17-18(13(2)23-15)26-19(30-17)24-14-8-21(3,4)27-22(5,6)9-14/h7,10-11,14,27H,8-9H2,1-6H3,(H,24,26). The van der Waals surface area contributed by atoms with Gasteiger partial charge in [0.2, 0.25) is 0 Å². The average molecular weight is 441 g/mol. The smallest absolute Gasteiger partial charge is 0.194 e. The van der Waals surface area contributed by atoms with Crippen molar-refractivity contribution in [3.8, 4) is 11.4 Å². The summed E-state index contributed by atoms with van der Waals surface area (Å²) in [6, 6.07) is 2.52. The Kier molecular flexibility index (Phi) is 4.47. The van der Waals surface area contributed by atoms with Crippen molar-refractivity contribution in [3.63, 3.8) is 0 Å². The second kappa shape index (κ2) is 6.73. The zero-order valence-electron chi connectivity index (χ0n) is 18.3. The first-order valence-corrected chi connectivity index (χ1v) is 12.1. The van der Waals surface area contributed by atoms with E-state index in [0.29, 0.717) is 6.04 Å². The molecule has 0 bridgehead atoms. The topological polar surface area (TPSA) is 67.1 Å². The average Bonchev–Trinajstić information content (AvgIpc) is 3.28. The van der Waals surface area contributed by atoms with Gasteiger partial charge in [0, 0.05) is 34.4 Å². The van der Waals surface area contributed by atoms with Gasteiger partial charge in [0.15, 0.2) is 10.1 Å². The Morgan fingerprint density at radius 1 is 1.07 bits per heavy atom. The lowest BCUT2D eigenvalue weighted by molar-refractivity contribution is 0.170. The van der Waals surface area contributed by atoms with Crippen molar-refractivity contribution in [1.29, 1.82) is 0 Å². The summed E-state index contributed by atoms with van der Waals surface area (Å²) in [5.74, 6) is 0. The number of hydrogen-bond acceptors (Lipinski definition) is 7. The lowest BCUT2D eigenvalue weighted by Crippen LogP contribution is -2.60. The zero-order valence-corrected chi connectivity index (χ0v) is 20.0. The molecule has 1 aliphatic heterocycles. The van der Waals surface area contributed by atoms with Crippen molar-refractivity contribution < 1.29 is 0 Å². The molecule has 6 nitrogen and oxygen atoms in total. The van der Waals surface area contributed by atoms with Crippen molar-refractivity contribution in [1.82, 2.24) is 24.7 Å². The maximum atomic E-state index is 4.88. The summed E-state index contributed by atoms with van der Waals surface area (Å²) in [5, 5.41) is 10.6. The molecule has 0 radical (unpaired) electrons. The molecule has 158 valence electrons. The van der Waals surface area contributed by atoms with Crippen LogP contribution in [0.3, 0.4) is 0 Å². The number of nitrogens with one attached hydrogen (secondary N) is 2. The molecule has 0 amide bonds. The van der Waals surface area contributed by atoms with Crippen molar-refractivity contribution in [2.24, 2.45) is 0 Å². The summed E-state index contributed by atoms with van der Waals surface area (Å²) in [7, 11) is 0. The molecule has 5 rings (SSSR count). The zero-order chi connectivity index (χ0) is 21.3. The molecule has 8 heteroatoms. The fraction of sp³-hybridized carbons (Fsp3) is 0.500. The van der Waals surface area contributed by atoms with Gasteiger partial charge < -0.3 is 10.6 Å². The number of hydrogen-bond donors (Lipinski definition) is 2. The highest BCUT2D eigenvalue weighted by Crippen LogP contribution is 2.35. The Morgan fingerprint density at radius 3 is 2.50 bits per heavy atom. The van der Waals surface area contributed by atoms with Gasteiger partial charge in [-0.1, -0.05) is 11.3 Å². The molecule has 5 heterocycles. The Labute approximate surface area is 184 Å². The number of nitrogens with zero attached hydrogens (tertiary/aromatic N) is 4. The van der Waals surface area contributed by atoms with E-state index in [4.69, 9.17) is 15.0 Å². The largest absolute Gasteiger partial charge is 0.359 e. The highest BCUT2D eigenvalue weighted by atomic mass is 32.1. The van der Waals surface area contributed by atoms with Crippen LogP contribution in [0.15, 0.2) is 17.6 Å². The van der Waals surface area contributed by atoms with Crippen LogP contribution in [0.25, 0.3) is 26.6 Å². The van der Waals surface area contributed by atoms with E-state index >= 15 is 0 Å². The Bertz CT molecular complexity index is 1230. The van der Waals surface area contributed by atoms with E-state index in [9.17, 15) is 0 Å². The molecular weight excluding hydrogens is 412 g/mol. The number of thiazole rings is 2. The quantitative estimate of drug-likeness (QED) is 0.446. The van der Waals surface area contributed by atoms with Crippen LogP contribution in [0.5, 0.6) is 0 Å². The van der Waals surface area contributed by atoms with Gasteiger partial charge in [-0.3, -0.25) is 4.40 Å². The van der Waals surface area contributed by atoms with E-state index in [-0.39, 0.29) is 11.1 Å². The molecule has 1 fully saturated rings. The van der Waals surface area contributed by atoms with Crippen LogP contribution in [0.4, 0.5) is 5.13 Å². The minimum Gasteiger partial charge on any atom is -0.359 e. The molecule has 4 aromatic heterocycles. The van der Waals surface area contributed by atoms with Crippen molar-refractivity contribution >= 4 is 43.0 Å². The number of piperidine rings is 1. The molecular formula is C22H28N6S2. The first-order chi connectivity index (χ1) is 14.1. The van der Waals surface area contributed by atoms with E-state index in [2.05, 4.69) is 67.3 Å². The lowest BCUT2D eigenvalue weighted by atomic mass is 9.80. The first-order valence-electron chi connectivity index (χ1n) is 10.4. The highest BCUT2D eigenvalue weighted by Gasteiger charge is 2.37. The predicted molar refractivity (Wildman–Crippen MR) is 127 cm³/mol. The van der Waals surface area contributed by atoms with Crippen LogP contribution in [0, 0.1) is 13.8 Å².